The monoisotopic (exact) mass is 427 g/mol. The van der Waals surface area contributed by atoms with Crippen molar-refractivity contribution in [2.45, 2.75) is 44.8 Å². The summed E-state index contributed by atoms with van der Waals surface area (Å²) in [6.45, 7) is 7.38. The summed E-state index contributed by atoms with van der Waals surface area (Å²) in [7, 11) is 2.15. The lowest BCUT2D eigenvalue weighted by Gasteiger charge is -2.54. The van der Waals surface area contributed by atoms with E-state index in [2.05, 4.69) is 34.3 Å². The number of ether oxygens (including phenoxy) is 1. The van der Waals surface area contributed by atoms with E-state index in [9.17, 15) is 5.11 Å². The normalized spacial score (nSPS) is 34.2. The highest BCUT2D eigenvalue weighted by atomic mass is 16.5. The van der Waals surface area contributed by atoms with Gasteiger partial charge in [-0.3, -0.25) is 4.90 Å². The summed E-state index contributed by atoms with van der Waals surface area (Å²) in [6.07, 6.45) is 7.12. The SMILES string of the molecule is CN1CCN(C[C@@H](O)COc2ccc(CNCC3C4CC5CC(C4)CC3C5)cc2)CC1. The third-order valence-electron chi connectivity index (χ3n) is 8.56. The van der Waals surface area contributed by atoms with Crippen molar-refractivity contribution in [2.24, 2.45) is 29.6 Å². The Bertz CT molecular complexity index is 673. The van der Waals surface area contributed by atoms with Gasteiger partial charge in [-0.1, -0.05) is 12.1 Å². The van der Waals surface area contributed by atoms with Crippen LogP contribution in [0.2, 0.25) is 0 Å². The zero-order chi connectivity index (χ0) is 21.2. The van der Waals surface area contributed by atoms with Crippen molar-refractivity contribution < 1.29 is 9.84 Å². The van der Waals surface area contributed by atoms with Crippen LogP contribution in [0.3, 0.4) is 0 Å². The molecule has 0 aromatic heterocycles. The van der Waals surface area contributed by atoms with E-state index in [1.165, 1.54) is 44.2 Å². The van der Waals surface area contributed by atoms with Gasteiger partial charge in [-0.2, -0.15) is 0 Å². The molecule has 5 fully saturated rings. The molecule has 5 aliphatic rings. The molecule has 1 heterocycles. The highest BCUT2D eigenvalue weighted by molar-refractivity contribution is 5.27. The van der Waals surface area contributed by atoms with Crippen LogP contribution in [-0.4, -0.2) is 73.9 Å². The molecule has 0 amide bonds. The molecule has 172 valence electrons. The maximum absolute atomic E-state index is 10.3. The predicted molar refractivity (Wildman–Crippen MR) is 124 cm³/mol. The van der Waals surface area contributed by atoms with Crippen LogP contribution in [0, 0.1) is 29.6 Å². The Labute approximate surface area is 188 Å². The van der Waals surface area contributed by atoms with Crippen molar-refractivity contribution in [1.29, 1.82) is 0 Å². The van der Waals surface area contributed by atoms with Gasteiger partial charge in [-0.15, -0.1) is 0 Å². The van der Waals surface area contributed by atoms with Crippen LogP contribution in [0.1, 0.15) is 37.7 Å². The highest BCUT2D eigenvalue weighted by Crippen LogP contribution is 2.56. The Morgan fingerprint density at radius 2 is 1.61 bits per heavy atom. The van der Waals surface area contributed by atoms with Crippen molar-refractivity contribution >= 4 is 0 Å². The molecule has 5 nitrogen and oxygen atoms in total. The number of nitrogens with zero attached hydrogens (tertiary/aromatic N) is 2. The van der Waals surface area contributed by atoms with Gasteiger partial charge in [0.2, 0.25) is 0 Å². The number of hydrogen-bond donors (Lipinski definition) is 2. The van der Waals surface area contributed by atoms with Gasteiger partial charge in [0, 0.05) is 39.3 Å². The molecule has 5 heteroatoms. The number of aliphatic hydroxyl groups excluding tert-OH is 1. The van der Waals surface area contributed by atoms with Gasteiger partial charge in [0.15, 0.2) is 0 Å². The molecule has 4 aliphatic carbocycles. The average molecular weight is 428 g/mol. The lowest BCUT2D eigenvalue weighted by Crippen LogP contribution is -2.48. The number of nitrogens with one attached hydrogen (secondary N) is 1. The molecular formula is C26H41N3O2. The molecule has 1 aliphatic heterocycles. The van der Waals surface area contributed by atoms with Crippen LogP contribution in [0.5, 0.6) is 5.75 Å². The molecule has 4 bridgehead atoms. The maximum Gasteiger partial charge on any atom is 0.119 e. The topological polar surface area (TPSA) is 48.0 Å². The molecule has 0 unspecified atom stereocenters. The van der Waals surface area contributed by atoms with Crippen molar-refractivity contribution in [3.05, 3.63) is 29.8 Å². The van der Waals surface area contributed by atoms with Crippen LogP contribution in [0.4, 0.5) is 0 Å². The van der Waals surface area contributed by atoms with Gasteiger partial charge in [0.05, 0.1) is 0 Å². The Balaban J connectivity index is 1.01. The van der Waals surface area contributed by atoms with E-state index in [0.29, 0.717) is 13.2 Å². The molecular weight excluding hydrogens is 386 g/mol. The summed E-state index contributed by atoms with van der Waals surface area (Å²) in [5.74, 6) is 5.88. The number of piperazine rings is 1. The van der Waals surface area contributed by atoms with Crippen molar-refractivity contribution in [1.82, 2.24) is 15.1 Å². The Morgan fingerprint density at radius 1 is 0.968 bits per heavy atom. The Hall–Kier alpha value is -1.14. The first kappa shape index (κ1) is 21.7. The quantitative estimate of drug-likeness (QED) is 0.635. The van der Waals surface area contributed by atoms with Crippen LogP contribution < -0.4 is 10.1 Å². The van der Waals surface area contributed by atoms with E-state index in [1.807, 2.05) is 12.1 Å². The van der Waals surface area contributed by atoms with Crippen molar-refractivity contribution in [2.75, 3.05) is 52.9 Å². The number of β-amino-alcohol motifs (C(OH)–C–C–N with tert-alkyl or cyclic N) is 1. The van der Waals surface area contributed by atoms with E-state index >= 15 is 0 Å². The zero-order valence-corrected chi connectivity index (χ0v) is 19.2. The smallest absolute Gasteiger partial charge is 0.119 e. The van der Waals surface area contributed by atoms with Gasteiger partial charge in [0.25, 0.3) is 0 Å². The second-order valence-electron chi connectivity index (χ2n) is 10.9. The minimum absolute atomic E-state index is 0.358. The molecule has 1 saturated heterocycles. The first-order valence-electron chi connectivity index (χ1n) is 12.6. The fraction of sp³-hybridized carbons (Fsp3) is 0.769. The minimum atomic E-state index is -0.439. The second kappa shape index (κ2) is 9.78. The average Bonchev–Trinajstić information content (AvgIpc) is 2.76. The van der Waals surface area contributed by atoms with Gasteiger partial charge in [-0.05, 0) is 93.0 Å². The molecule has 0 spiro atoms. The lowest BCUT2D eigenvalue weighted by molar-refractivity contribution is -0.0355. The summed E-state index contributed by atoms with van der Waals surface area (Å²) in [6, 6.07) is 8.41. The van der Waals surface area contributed by atoms with E-state index in [4.69, 9.17) is 4.74 Å². The third kappa shape index (κ3) is 5.44. The number of rotatable bonds is 9. The molecule has 1 aromatic rings. The molecule has 0 radical (unpaired) electrons. The molecule has 31 heavy (non-hydrogen) atoms. The molecule has 2 N–H and O–H groups in total. The molecule has 6 rings (SSSR count). The van der Waals surface area contributed by atoms with Crippen LogP contribution >= 0.6 is 0 Å². The predicted octanol–water partition coefficient (Wildman–Crippen LogP) is 2.84. The fourth-order valence-corrected chi connectivity index (χ4v) is 7.03. The minimum Gasteiger partial charge on any atom is -0.491 e. The zero-order valence-electron chi connectivity index (χ0n) is 19.2. The van der Waals surface area contributed by atoms with Crippen molar-refractivity contribution in [3.8, 4) is 5.75 Å². The largest absolute Gasteiger partial charge is 0.491 e. The number of benzene rings is 1. The van der Waals surface area contributed by atoms with E-state index in [-0.39, 0.29) is 0 Å². The second-order valence-corrected chi connectivity index (χ2v) is 10.9. The molecule has 1 atom stereocenters. The standard InChI is InChI=1S/C26H41N3O2/c1-28-6-8-29(9-7-28)17-24(30)18-31-25-4-2-19(3-5-25)15-27-16-26-22-11-20-10-21(13-22)14-23(26)12-20/h2-5,20-24,26-27,30H,6-18H2,1H3/t20?,21?,22?,23?,24-,26?/m1/s1. The summed E-state index contributed by atoms with van der Waals surface area (Å²) in [4.78, 5) is 4.66. The van der Waals surface area contributed by atoms with Crippen LogP contribution in [0.15, 0.2) is 24.3 Å². The van der Waals surface area contributed by atoms with Gasteiger partial charge < -0.3 is 20.1 Å². The van der Waals surface area contributed by atoms with Crippen LogP contribution in [0.25, 0.3) is 0 Å². The summed E-state index contributed by atoms with van der Waals surface area (Å²) in [5.41, 5.74) is 1.31. The molecule has 4 saturated carbocycles. The number of likely N-dealkylation sites (N-methyl/N-ethyl adjacent to an activating group) is 1. The first-order valence-corrected chi connectivity index (χ1v) is 12.6. The van der Waals surface area contributed by atoms with E-state index in [1.54, 1.807) is 0 Å². The third-order valence-corrected chi connectivity index (χ3v) is 8.56. The fourth-order valence-electron chi connectivity index (χ4n) is 7.03. The van der Waals surface area contributed by atoms with E-state index in [0.717, 1.165) is 68.1 Å². The maximum atomic E-state index is 10.3. The Morgan fingerprint density at radius 3 is 2.26 bits per heavy atom. The number of hydrogen-bond acceptors (Lipinski definition) is 5. The first-order chi connectivity index (χ1) is 15.1. The van der Waals surface area contributed by atoms with Gasteiger partial charge in [0.1, 0.15) is 18.5 Å². The molecule has 1 aromatic carbocycles. The Kier molecular flexibility index (Phi) is 6.84. The summed E-state index contributed by atoms with van der Waals surface area (Å²) >= 11 is 0. The number of aliphatic hydroxyl groups is 1. The summed E-state index contributed by atoms with van der Waals surface area (Å²) in [5, 5.41) is 14.1. The van der Waals surface area contributed by atoms with E-state index < -0.39 is 6.10 Å². The van der Waals surface area contributed by atoms with Gasteiger partial charge >= 0.3 is 0 Å². The highest BCUT2D eigenvalue weighted by Gasteiger charge is 2.47. The van der Waals surface area contributed by atoms with Crippen molar-refractivity contribution in [3.63, 3.8) is 0 Å². The lowest BCUT2D eigenvalue weighted by atomic mass is 9.52. The van der Waals surface area contributed by atoms with Gasteiger partial charge in [-0.25, -0.2) is 0 Å². The van der Waals surface area contributed by atoms with Crippen LogP contribution in [-0.2, 0) is 6.54 Å². The summed E-state index contributed by atoms with van der Waals surface area (Å²) < 4.78 is 5.84.